The molecule has 0 bridgehead atoms. The van der Waals surface area contributed by atoms with Crippen LogP contribution in [0.1, 0.15) is 47.5 Å². The number of hydrogen-bond donors (Lipinski definition) is 0. The number of allylic oxidation sites excluding steroid dienone is 2. The molecule has 0 amide bonds. The average molecular weight is 290 g/mol. The van der Waals surface area contributed by atoms with E-state index >= 15 is 0 Å². The quantitative estimate of drug-likeness (QED) is 0.744. The Morgan fingerprint density at radius 1 is 1.10 bits per heavy atom. The lowest BCUT2D eigenvalue weighted by molar-refractivity contribution is 0.00578. The standard InChI is InChI=1S/C17H27BO3/c1-15(2)16(3,4)21-18(20-15)12-8-7-9-13(19-6)14(12)17(5)10-11-17/h7-9,13-14H,10-11H2,1-6H3. The summed E-state index contributed by atoms with van der Waals surface area (Å²) in [6, 6.07) is 0. The van der Waals surface area contributed by atoms with E-state index in [4.69, 9.17) is 14.0 Å². The minimum absolute atomic E-state index is 0.122. The van der Waals surface area contributed by atoms with E-state index in [1.54, 1.807) is 7.11 Å². The van der Waals surface area contributed by atoms with Crippen LogP contribution in [0.5, 0.6) is 0 Å². The molecule has 0 aromatic carbocycles. The predicted octanol–water partition coefficient (Wildman–Crippen LogP) is 3.55. The van der Waals surface area contributed by atoms with Gasteiger partial charge in [0.1, 0.15) is 0 Å². The Labute approximate surface area is 128 Å². The fraction of sp³-hybridized carbons (Fsp3) is 0.765. The molecule has 2 fully saturated rings. The summed E-state index contributed by atoms with van der Waals surface area (Å²) < 4.78 is 18.3. The number of ether oxygens (including phenoxy) is 1. The van der Waals surface area contributed by atoms with Crippen LogP contribution >= 0.6 is 0 Å². The normalized spacial score (nSPS) is 35.7. The lowest BCUT2D eigenvalue weighted by atomic mass is 9.62. The highest BCUT2D eigenvalue weighted by Gasteiger charge is 2.58. The van der Waals surface area contributed by atoms with Crippen molar-refractivity contribution in [2.24, 2.45) is 11.3 Å². The molecule has 3 nitrogen and oxygen atoms in total. The van der Waals surface area contributed by atoms with Crippen molar-refractivity contribution in [3.8, 4) is 0 Å². The summed E-state index contributed by atoms with van der Waals surface area (Å²) in [5, 5.41) is 0. The first-order valence-corrected chi connectivity index (χ1v) is 7.97. The first-order chi connectivity index (χ1) is 9.70. The number of hydrogen-bond acceptors (Lipinski definition) is 3. The van der Waals surface area contributed by atoms with Crippen molar-refractivity contribution in [2.75, 3.05) is 7.11 Å². The molecule has 3 rings (SSSR count). The molecular weight excluding hydrogens is 263 g/mol. The molecule has 0 radical (unpaired) electrons. The van der Waals surface area contributed by atoms with E-state index in [1.165, 1.54) is 18.3 Å². The molecule has 2 aliphatic carbocycles. The summed E-state index contributed by atoms with van der Waals surface area (Å²) in [7, 11) is 1.53. The highest BCUT2D eigenvalue weighted by molar-refractivity contribution is 6.55. The van der Waals surface area contributed by atoms with Crippen LogP contribution in [-0.4, -0.2) is 31.5 Å². The minimum atomic E-state index is -0.294. The number of methoxy groups -OCH3 is 1. The third-order valence-electron chi connectivity index (χ3n) is 5.86. The second-order valence-corrected chi connectivity index (χ2v) is 7.97. The van der Waals surface area contributed by atoms with Crippen LogP contribution < -0.4 is 0 Å². The molecule has 2 unspecified atom stereocenters. The van der Waals surface area contributed by atoms with Gasteiger partial charge < -0.3 is 14.0 Å². The minimum Gasteiger partial charge on any atom is -0.400 e. The van der Waals surface area contributed by atoms with Gasteiger partial charge in [0, 0.05) is 13.0 Å². The molecule has 0 aromatic rings. The van der Waals surface area contributed by atoms with Crippen LogP contribution in [-0.2, 0) is 14.0 Å². The fourth-order valence-electron chi connectivity index (χ4n) is 3.41. The molecule has 1 heterocycles. The van der Waals surface area contributed by atoms with Crippen LogP contribution in [0.25, 0.3) is 0 Å². The smallest absolute Gasteiger partial charge is 0.400 e. The molecule has 116 valence electrons. The predicted molar refractivity (Wildman–Crippen MR) is 84.9 cm³/mol. The molecule has 1 saturated carbocycles. The van der Waals surface area contributed by atoms with Crippen molar-refractivity contribution in [3.63, 3.8) is 0 Å². The Morgan fingerprint density at radius 3 is 2.14 bits per heavy atom. The van der Waals surface area contributed by atoms with Crippen molar-refractivity contribution in [1.82, 2.24) is 0 Å². The summed E-state index contributed by atoms with van der Waals surface area (Å²) in [5.41, 5.74) is 0.970. The highest BCUT2D eigenvalue weighted by atomic mass is 16.7. The molecule has 1 saturated heterocycles. The van der Waals surface area contributed by atoms with Gasteiger partial charge in [-0.3, -0.25) is 0 Å². The van der Waals surface area contributed by atoms with Gasteiger partial charge in [-0.15, -0.1) is 0 Å². The van der Waals surface area contributed by atoms with Gasteiger partial charge in [-0.25, -0.2) is 0 Å². The van der Waals surface area contributed by atoms with Gasteiger partial charge in [0.15, 0.2) is 0 Å². The Hall–Kier alpha value is -0.575. The first kappa shape index (κ1) is 15.3. The van der Waals surface area contributed by atoms with Crippen LogP contribution in [0, 0.1) is 11.3 Å². The van der Waals surface area contributed by atoms with Crippen molar-refractivity contribution in [1.29, 1.82) is 0 Å². The van der Waals surface area contributed by atoms with Crippen molar-refractivity contribution in [2.45, 2.75) is 64.8 Å². The second kappa shape index (κ2) is 4.71. The zero-order valence-electron chi connectivity index (χ0n) is 14.1. The van der Waals surface area contributed by atoms with Crippen molar-refractivity contribution < 1.29 is 14.0 Å². The van der Waals surface area contributed by atoms with Crippen molar-refractivity contribution >= 4 is 7.12 Å². The first-order valence-electron chi connectivity index (χ1n) is 7.97. The lowest BCUT2D eigenvalue weighted by Crippen LogP contribution is -2.41. The molecule has 0 spiro atoms. The topological polar surface area (TPSA) is 27.7 Å². The summed E-state index contributed by atoms with van der Waals surface area (Å²) in [5.74, 6) is 0.349. The summed E-state index contributed by atoms with van der Waals surface area (Å²) in [4.78, 5) is 0. The van der Waals surface area contributed by atoms with Gasteiger partial charge >= 0.3 is 7.12 Å². The van der Waals surface area contributed by atoms with Gasteiger partial charge in [-0.05, 0) is 51.4 Å². The van der Waals surface area contributed by atoms with E-state index in [9.17, 15) is 0 Å². The Morgan fingerprint density at radius 2 is 1.67 bits per heavy atom. The maximum atomic E-state index is 6.27. The third kappa shape index (κ3) is 2.41. The van der Waals surface area contributed by atoms with Gasteiger partial charge in [-0.1, -0.05) is 25.2 Å². The SMILES string of the molecule is COC1C=CC=C(B2OC(C)(C)C(C)(C)O2)C1C1(C)CC1. The summed E-state index contributed by atoms with van der Waals surface area (Å²) in [6.45, 7) is 10.8. The van der Waals surface area contributed by atoms with E-state index in [0.29, 0.717) is 11.3 Å². The highest BCUT2D eigenvalue weighted by Crippen LogP contribution is 2.57. The molecule has 21 heavy (non-hydrogen) atoms. The van der Waals surface area contributed by atoms with E-state index in [2.05, 4.69) is 52.8 Å². The van der Waals surface area contributed by atoms with Gasteiger partial charge in [-0.2, -0.15) is 0 Å². The second-order valence-electron chi connectivity index (χ2n) is 7.97. The molecule has 4 heteroatoms. The lowest BCUT2D eigenvalue weighted by Gasteiger charge is -2.34. The van der Waals surface area contributed by atoms with Gasteiger partial charge in [0.05, 0.1) is 17.3 Å². The maximum absolute atomic E-state index is 6.27. The summed E-state index contributed by atoms with van der Waals surface area (Å²) >= 11 is 0. The molecule has 3 aliphatic rings. The maximum Gasteiger partial charge on any atom is 0.490 e. The largest absolute Gasteiger partial charge is 0.490 e. The van der Waals surface area contributed by atoms with E-state index < -0.39 is 0 Å². The molecule has 0 N–H and O–H groups in total. The Kier molecular flexibility index (Phi) is 3.44. The van der Waals surface area contributed by atoms with Crippen molar-refractivity contribution in [3.05, 3.63) is 23.7 Å². The molecule has 1 aliphatic heterocycles. The van der Waals surface area contributed by atoms with Gasteiger partial charge in [0.25, 0.3) is 0 Å². The molecule has 2 atom stereocenters. The zero-order valence-corrected chi connectivity index (χ0v) is 14.1. The van der Waals surface area contributed by atoms with E-state index in [0.717, 1.165) is 0 Å². The molecule has 0 aromatic heterocycles. The Balaban J connectivity index is 1.90. The van der Waals surface area contributed by atoms with E-state index in [-0.39, 0.29) is 24.4 Å². The van der Waals surface area contributed by atoms with Crippen LogP contribution in [0.2, 0.25) is 0 Å². The molecular formula is C17H27BO3. The monoisotopic (exact) mass is 290 g/mol. The van der Waals surface area contributed by atoms with Crippen LogP contribution in [0.15, 0.2) is 23.7 Å². The average Bonchev–Trinajstić information content (AvgIpc) is 3.10. The summed E-state index contributed by atoms with van der Waals surface area (Å²) in [6.07, 6.45) is 9.03. The Bertz CT molecular complexity index is 472. The van der Waals surface area contributed by atoms with E-state index in [1.807, 2.05) is 0 Å². The number of rotatable bonds is 3. The zero-order chi connectivity index (χ0) is 15.5. The van der Waals surface area contributed by atoms with Crippen LogP contribution in [0.4, 0.5) is 0 Å². The fourth-order valence-corrected chi connectivity index (χ4v) is 3.41. The van der Waals surface area contributed by atoms with Gasteiger partial charge in [0.2, 0.25) is 0 Å². The third-order valence-corrected chi connectivity index (χ3v) is 5.86. The van der Waals surface area contributed by atoms with Crippen LogP contribution in [0.3, 0.4) is 0 Å².